The van der Waals surface area contributed by atoms with Crippen molar-refractivity contribution in [2.24, 2.45) is 0 Å². The second-order valence-corrected chi connectivity index (χ2v) is 6.25. The SMILES string of the molecule is O=C(CCCl)N1c2ccccc2Sc2ccc(Cl)cc21. The number of hydrogen-bond donors (Lipinski definition) is 0. The standard InChI is InChI=1S/C15H11Cl2NOS/c16-8-7-15(19)18-11-3-1-2-4-13(11)20-14-6-5-10(17)9-12(14)18/h1-6,9H,7-8H2. The van der Waals surface area contributed by atoms with E-state index in [0.717, 1.165) is 21.2 Å². The summed E-state index contributed by atoms with van der Waals surface area (Å²) in [5.74, 6) is 0.289. The van der Waals surface area contributed by atoms with E-state index < -0.39 is 0 Å². The number of halogens is 2. The molecule has 2 aromatic rings. The molecule has 5 heteroatoms. The third-order valence-corrected chi connectivity index (χ3v) is 4.60. The van der Waals surface area contributed by atoms with E-state index >= 15 is 0 Å². The van der Waals surface area contributed by atoms with Gasteiger partial charge in [-0.15, -0.1) is 11.6 Å². The van der Waals surface area contributed by atoms with Gasteiger partial charge in [0, 0.05) is 27.1 Å². The maximum atomic E-state index is 12.4. The molecule has 1 amide bonds. The number of rotatable bonds is 2. The maximum Gasteiger partial charge on any atom is 0.232 e. The second-order valence-electron chi connectivity index (χ2n) is 4.35. The highest BCUT2D eigenvalue weighted by Gasteiger charge is 2.27. The Labute approximate surface area is 131 Å². The first kappa shape index (κ1) is 13.8. The van der Waals surface area contributed by atoms with Crippen LogP contribution in [0.25, 0.3) is 0 Å². The fourth-order valence-electron chi connectivity index (χ4n) is 2.19. The van der Waals surface area contributed by atoms with Crippen LogP contribution < -0.4 is 4.90 Å². The van der Waals surface area contributed by atoms with Crippen molar-refractivity contribution >= 4 is 52.2 Å². The van der Waals surface area contributed by atoms with Gasteiger partial charge in [0.2, 0.25) is 5.91 Å². The van der Waals surface area contributed by atoms with Gasteiger partial charge < -0.3 is 0 Å². The minimum Gasteiger partial charge on any atom is -0.279 e. The highest BCUT2D eigenvalue weighted by Crippen LogP contribution is 2.48. The molecule has 1 heterocycles. The average Bonchev–Trinajstić information content (AvgIpc) is 2.45. The van der Waals surface area contributed by atoms with Gasteiger partial charge in [-0.25, -0.2) is 0 Å². The minimum atomic E-state index is -0.0173. The van der Waals surface area contributed by atoms with E-state index in [9.17, 15) is 4.79 Å². The summed E-state index contributed by atoms with van der Waals surface area (Å²) in [6.45, 7) is 0. The Morgan fingerprint density at radius 2 is 1.85 bits per heavy atom. The van der Waals surface area contributed by atoms with Crippen LogP contribution in [0, 0.1) is 0 Å². The number of benzene rings is 2. The number of para-hydroxylation sites is 1. The van der Waals surface area contributed by atoms with Crippen LogP contribution in [0.4, 0.5) is 11.4 Å². The molecule has 0 saturated carbocycles. The number of hydrogen-bond acceptors (Lipinski definition) is 2. The summed E-state index contributed by atoms with van der Waals surface area (Å²) in [5, 5.41) is 0.618. The summed E-state index contributed by atoms with van der Waals surface area (Å²) in [4.78, 5) is 16.2. The summed E-state index contributed by atoms with van der Waals surface area (Å²) < 4.78 is 0. The monoisotopic (exact) mass is 323 g/mol. The molecule has 0 fully saturated rings. The minimum absolute atomic E-state index is 0.0173. The Morgan fingerprint density at radius 3 is 2.65 bits per heavy atom. The Bertz CT molecular complexity index is 675. The zero-order valence-electron chi connectivity index (χ0n) is 10.5. The number of amides is 1. The number of fused-ring (bicyclic) bond motifs is 2. The van der Waals surface area contributed by atoms with Gasteiger partial charge in [-0.3, -0.25) is 9.69 Å². The third kappa shape index (κ3) is 2.41. The van der Waals surface area contributed by atoms with Gasteiger partial charge >= 0.3 is 0 Å². The van der Waals surface area contributed by atoms with Gasteiger partial charge in [0.15, 0.2) is 0 Å². The van der Waals surface area contributed by atoms with Crippen molar-refractivity contribution in [1.29, 1.82) is 0 Å². The van der Waals surface area contributed by atoms with Crippen molar-refractivity contribution in [1.82, 2.24) is 0 Å². The molecule has 0 aliphatic carbocycles. The number of carbonyl (C=O) groups is 1. The number of anilines is 2. The first-order chi connectivity index (χ1) is 9.70. The largest absolute Gasteiger partial charge is 0.279 e. The molecule has 3 rings (SSSR count). The predicted octanol–water partition coefficient (Wildman–Crippen LogP) is 5.10. The van der Waals surface area contributed by atoms with Crippen LogP contribution in [0.5, 0.6) is 0 Å². The summed E-state index contributed by atoms with van der Waals surface area (Å²) in [6.07, 6.45) is 0.298. The zero-order valence-corrected chi connectivity index (χ0v) is 12.8. The fraction of sp³-hybridized carbons (Fsp3) is 0.133. The van der Waals surface area contributed by atoms with Crippen molar-refractivity contribution in [3.8, 4) is 0 Å². The zero-order chi connectivity index (χ0) is 14.1. The molecule has 0 unspecified atom stereocenters. The summed E-state index contributed by atoms with van der Waals surface area (Å²) in [6, 6.07) is 13.5. The molecule has 0 N–H and O–H groups in total. The third-order valence-electron chi connectivity index (χ3n) is 3.05. The van der Waals surface area contributed by atoms with E-state index in [1.54, 1.807) is 16.7 Å². The first-order valence-corrected chi connectivity index (χ1v) is 7.89. The van der Waals surface area contributed by atoms with Crippen molar-refractivity contribution in [3.63, 3.8) is 0 Å². The fourth-order valence-corrected chi connectivity index (χ4v) is 3.56. The molecule has 102 valence electrons. The Hall–Kier alpha value is -1.16. The van der Waals surface area contributed by atoms with Crippen LogP contribution in [-0.4, -0.2) is 11.8 Å². The summed E-state index contributed by atoms with van der Waals surface area (Å²) in [5.41, 5.74) is 1.72. The molecule has 2 nitrogen and oxygen atoms in total. The van der Waals surface area contributed by atoms with Crippen LogP contribution >= 0.6 is 35.0 Å². The number of alkyl halides is 1. The number of carbonyl (C=O) groups excluding carboxylic acids is 1. The lowest BCUT2D eigenvalue weighted by Gasteiger charge is -2.31. The van der Waals surface area contributed by atoms with Crippen molar-refractivity contribution in [2.75, 3.05) is 10.8 Å². The van der Waals surface area contributed by atoms with Gasteiger partial charge in [-0.05, 0) is 30.3 Å². The molecule has 0 radical (unpaired) electrons. The lowest BCUT2D eigenvalue weighted by molar-refractivity contribution is -0.117. The molecule has 0 bridgehead atoms. The molecule has 0 aromatic heterocycles. The predicted molar refractivity (Wildman–Crippen MR) is 84.5 cm³/mol. The Balaban J connectivity index is 2.16. The van der Waals surface area contributed by atoms with E-state index in [0.29, 0.717) is 17.3 Å². The Kier molecular flexibility index (Phi) is 3.92. The topological polar surface area (TPSA) is 20.3 Å². The van der Waals surface area contributed by atoms with Crippen LogP contribution in [0.1, 0.15) is 6.42 Å². The molecule has 20 heavy (non-hydrogen) atoms. The summed E-state index contributed by atoms with van der Waals surface area (Å²) >= 11 is 13.4. The lowest BCUT2D eigenvalue weighted by Crippen LogP contribution is -2.28. The van der Waals surface area contributed by atoms with E-state index in [4.69, 9.17) is 23.2 Å². The molecule has 0 spiro atoms. The van der Waals surface area contributed by atoms with Crippen LogP contribution in [0.15, 0.2) is 52.3 Å². The first-order valence-electron chi connectivity index (χ1n) is 6.16. The van der Waals surface area contributed by atoms with Crippen molar-refractivity contribution in [2.45, 2.75) is 16.2 Å². The van der Waals surface area contributed by atoms with Crippen LogP contribution in [0.3, 0.4) is 0 Å². The second kappa shape index (κ2) is 5.68. The van der Waals surface area contributed by atoms with Gasteiger partial charge in [0.05, 0.1) is 11.4 Å². The molecule has 0 atom stereocenters. The molecule has 1 aliphatic rings. The molecule has 2 aromatic carbocycles. The summed E-state index contributed by atoms with van der Waals surface area (Å²) in [7, 11) is 0. The molecular weight excluding hydrogens is 313 g/mol. The maximum absolute atomic E-state index is 12.4. The van der Waals surface area contributed by atoms with Gasteiger partial charge in [0.25, 0.3) is 0 Å². The molecule has 0 saturated heterocycles. The Morgan fingerprint density at radius 1 is 1.10 bits per heavy atom. The average molecular weight is 324 g/mol. The quantitative estimate of drug-likeness (QED) is 0.717. The lowest BCUT2D eigenvalue weighted by atomic mass is 10.2. The van der Waals surface area contributed by atoms with E-state index in [2.05, 4.69) is 0 Å². The van der Waals surface area contributed by atoms with Gasteiger partial charge in [-0.1, -0.05) is 35.5 Å². The van der Waals surface area contributed by atoms with Gasteiger partial charge in [0.1, 0.15) is 0 Å². The van der Waals surface area contributed by atoms with Crippen LogP contribution in [0.2, 0.25) is 5.02 Å². The molecular formula is C15H11Cl2NOS. The molecule has 1 aliphatic heterocycles. The van der Waals surface area contributed by atoms with Gasteiger partial charge in [-0.2, -0.15) is 0 Å². The van der Waals surface area contributed by atoms with Crippen molar-refractivity contribution < 1.29 is 4.79 Å². The van der Waals surface area contributed by atoms with Crippen LogP contribution in [-0.2, 0) is 4.79 Å². The van der Waals surface area contributed by atoms with Crippen molar-refractivity contribution in [3.05, 3.63) is 47.5 Å². The highest BCUT2D eigenvalue weighted by atomic mass is 35.5. The normalized spacial score (nSPS) is 12.8. The smallest absolute Gasteiger partial charge is 0.232 e. The van der Waals surface area contributed by atoms with E-state index in [1.165, 1.54) is 0 Å². The highest BCUT2D eigenvalue weighted by molar-refractivity contribution is 7.99. The number of nitrogens with zero attached hydrogens (tertiary/aromatic N) is 1. The van der Waals surface area contributed by atoms with E-state index in [-0.39, 0.29) is 5.91 Å². The van der Waals surface area contributed by atoms with E-state index in [1.807, 2.05) is 42.5 Å².